The first-order chi connectivity index (χ1) is 14.1. The Morgan fingerprint density at radius 3 is 2.34 bits per heavy atom. The van der Waals surface area contributed by atoms with Crippen LogP contribution in [-0.4, -0.2) is 22.4 Å². The number of fused-ring (bicyclic) bond motifs is 1. The molecule has 4 aromatic rings. The maximum Gasteiger partial charge on any atom is 0.310 e. The summed E-state index contributed by atoms with van der Waals surface area (Å²) in [5.41, 5.74) is 4.91. The Morgan fingerprint density at radius 1 is 0.966 bits per heavy atom. The SMILES string of the molecule is CN(c1ccc2oc(C(=O)NO)cc2c1)S(=O)c1ccc(-c2ccccc2)cc1. The fourth-order valence-electron chi connectivity index (χ4n) is 3.04. The Morgan fingerprint density at radius 2 is 1.66 bits per heavy atom. The molecule has 1 unspecified atom stereocenters. The number of carbonyl (C=O) groups is 1. The molecule has 1 heterocycles. The van der Waals surface area contributed by atoms with Gasteiger partial charge in [0.1, 0.15) is 5.58 Å². The molecule has 146 valence electrons. The first-order valence-corrected chi connectivity index (χ1v) is 9.96. The Balaban J connectivity index is 1.58. The molecule has 1 atom stereocenters. The molecule has 0 saturated carbocycles. The van der Waals surface area contributed by atoms with Gasteiger partial charge in [0, 0.05) is 12.4 Å². The summed E-state index contributed by atoms with van der Waals surface area (Å²) in [4.78, 5) is 12.2. The van der Waals surface area contributed by atoms with Gasteiger partial charge in [-0.1, -0.05) is 42.5 Å². The zero-order valence-electron chi connectivity index (χ0n) is 15.5. The van der Waals surface area contributed by atoms with Crippen molar-refractivity contribution in [3.8, 4) is 11.1 Å². The van der Waals surface area contributed by atoms with Gasteiger partial charge in [0.25, 0.3) is 0 Å². The summed E-state index contributed by atoms with van der Waals surface area (Å²) in [6.45, 7) is 0. The van der Waals surface area contributed by atoms with Crippen LogP contribution in [0, 0.1) is 0 Å². The van der Waals surface area contributed by atoms with Crippen LogP contribution in [0.1, 0.15) is 10.6 Å². The van der Waals surface area contributed by atoms with Crippen LogP contribution in [0.5, 0.6) is 0 Å². The number of rotatable bonds is 5. The van der Waals surface area contributed by atoms with E-state index in [0.717, 1.165) is 11.1 Å². The Hall–Kier alpha value is -3.42. The Bertz CT molecular complexity index is 1190. The van der Waals surface area contributed by atoms with E-state index >= 15 is 0 Å². The molecule has 0 bridgehead atoms. The van der Waals surface area contributed by atoms with Crippen LogP contribution in [0.4, 0.5) is 5.69 Å². The quantitative estimate of drug-likeness (QED) is 0.381. The minimum Gasteiger partial charge on any atom is -0.451 e. The number of anilines is 1. The fourth-order valence-corrected chi connectivity index (χ4v) is 4.03. The number of hydrogen-bond acceptors (Lipinski definition) is 4. The molecule has 29 heavy (non-hydrogen) atoms. The highest BCUT2D eigenvalue weighted by Gasteiger charge is 2.15. The Labute approximate surface area is 169 Å². The first-order valence-electron chi connectivity index (χ1n) is 8.86. The van der Waals surface area contributed by atoms with Gasteiger partial charge in [0.15, 0.2) is 16.7 Å². The van der Waals surface area contributed by atoms with Crippen molar-refractivity contribution in [2.45, 2.75) is 4.90 Å². The van der Waals surface area contributed by atoms with E-state index in [2.05, 4.69) is 0 Å². The van der Waals surface area contributed by atoms with Gasteiger partial charge in [-0.3, -0.25) is 14.3 Å². The number of nitrogens with zero attached hydrogens (tertiary/aromatic N) is 1. The first kappa shape index (κ1) is 18.9. The fraction of sp³-hybridized carbons (Fsp3) is 0.0455. The molecule has 0 aliphatic heterocycles. The van der Waals surface area contributed by atoms with E-state index in [-0.39, 0.29) is 5.76 Å². The van der Waals surface area contributed by atoms with E-state index in [0.29, 0.717) is 21.6 Å². The average Bonchev–Trinajstić information content (AvgIpc) is 3.21. The van der Waals surface area contributed by atoms with Gasteiger partial charge in [-0.15, -0.1) is 0 Å². The molecular weight excluding hydrogens is 388 g/mol. The van der Waals surface area contributed by atoms with Gasteiger partial charge < -0.3 is 4.42 Å². The van der Waals surface area contributed by atoms with Crippen molar-refractivity contribution in [3.63, 3.8) is 0 Å². The second-order valence-electron chi connectivity index (χ2n) is 6.41. The minimum absolute atomic E-state index is 0.0000683. The molecule has 6 nitrogen and oxygen atoms in total. The van der Waals surface area contributed by atoms with Crippen molar-refractivity contribution >= 4 is 33.5 Å². The summed E-state index contributed by atoms with van der Waals surface area (Å²) in [6.07, 6.45) is 0. The molecular formula is C22H18N2O4S. The Kier molecular flexibility index (Phi) is 5.16. The van der Waals surface area contributed by atoms with E-state index in [1.165, 1.54) is 6.07 Å². The van der Waals surface area contributed by atoms with Gasteiger partial charge >= 0.3 is 5.91 Å². The van der Waals surface area contributed by atoms with Crippen LogP contribution in [0.15, 0.2) is 88.2 Å². The van der Waals surface area contributed by atoms with E-state index < -0.39 is 16.9 Å². The van der Waals surface area contributed by atoms with Gasteiger partial charge in [0.05, 0.1) is 10.6 Å². The monoisotopic (exact) mass is 406 g/mol. The maximum atomic E-state index is 13.0. The number of nitrogens with one attached hydrogen (secondary N) is 1. The van der Waals surface area contributed by atoms with E-state index in [1.54, 1.807) is 35.0 Å². The molecule has 1 amide bonds. The van der Waals surface area contributed by atoms with Gasteiger partial charge in [-0.2, -0.15) is 0 Å². The lowest BCUT2D eigenvalue weighted by atomic mass is 10.1. The van der Waals surface area contributed by atoms with Crippen molar-refractivity contribution in [3.05, 3.63) is 84.6 Å². The zero-order valence-corrected chi connectivity index (χ0v) is 16.3. The van der Waals surface area contributed by atoms with Gasteiger partial charge in [0.2, 0.25) is 0 Å². The maximum absolute atomic E-state index is 13.0. The molecule has 0 aliphatic carbocycles. The molecule has 0 radical (unpaired) electrons. The topological polar surface area (TPSA) is 82.8 Å². The molecule has 0 fully saturated rings. The molecule has 0 saturated heterocycles. The number of carbonyl (C=O) groups excluding carboxylic acids is 1. The normalized spacial score (nSPS) is 11.9. The summed E-state index contributed by atoms with van der Waals surface area (Å²) in [5, 5.41) is 9.41. The smallest absolute Gasteiger partial charge is 0.310 e. The average molecular weight is 406 g/mol. The predicted molar refractivity (Wildman–Crippen MR) is 112 cm³/mol. The van der Waals surface area contributed by atoms with Crippen molar-refractivity contribution in [1.29, 1.82) is 0 Å². The zero-order chi connectivity index (χ0) is 20.4. The third-order valence-corrected chi connectivity index (χ3v) is 5.98. The van der Waals surface area contributed by atoms with E-state index in [1.807, 2.05) is 54.6 Å². The summed E-state index contributed by atoms with van der Waals surface area (Å²) in [5.74, 6) is -0.724. The lowest BCUT2D eigenvalue weighted by molar-refractivity contribution is 0.0678. The molecule has 0 spiro atoms. The van der Waals surface area contributed by atoms with Crippen molar-refractivity contribution in [2.24, 2.45) is 0 Å². The third-order valence-electron chi connectivity index (χ3n) is 4.60. The van der Waals surface area contributed by atoms with Crippen LogP contribution in [0.2, 0.25) is 0 Å². The van der Waals surface area contributed by atoms with Crippen molar-refractivity contribution in [2.75, 3.05) is 11.4 Å². The van der Waals surface area contributed by atoms with Gasteiger partial charge in [-0.25, -0.2) is 9.69 Å². The number of hydrogen-bond donors (Lipinski definition) is 2. The minimum atomic E-state index is -1.41. The molecule has 3 aromatic carbocycles. The highest BCUT2D eigenvalue weighted by molar-refractivity contribution is 7.86. The predicted octanol–water partition coefficient (Wildman–Crippen LogP) is 4.38. The van der Waals surface area contributed by atoms with Crippen LogP contribution in [0.25, 0.3) is 22.1 Å². The lowest BCUT2D eigenvalue weighted by Gasteiger charge is -2.18. The number of hydroxylamine groups is 1. The van der Waals surface area contributed by atoms with Gasteiger partial charge in [-0.05, 0) is 47.5 Å². The molecule has 1 aromatic heterocycles. The molecule has 7 heteroatoms. The van der Waals surface area contributed by atoms with E-state index in [4.69, 9.17) is 9.62 Å². The second kappa shape index (κ2) is 7.90. The second-order valence-corrected chi connectivity index (χ2v) is 7.93. The highest BCUT2D eigenvalue weighted by atomic mass is 32.2. The third kappa shape index (κ3) is 3.78. The van der Waals surface area contributed by atoms with Crippen LogP contribution in [0.3, 0.4) is 0 Å². The summed E-state index contributed by atoms with van der Waals surface area (Å²) in [6, 6.07) is 24.4. The van der Waals surface area contributed by atoms with E-state index in [9.17, 15) is 9.00 Å². The van der Waals surface area contributed by atoms with Crippen molar-refractivity contribution in [1.82, 2.24) is 5.48 Å². The van der Waals surface area contributed by atoms with Crippen LogP contribution < -0.4 is 9.79 Å². The van der Waals surface area contributed by atoms with Crippen LogP contribution >= 0.6 is 0 Å². The highest BCUT2D eigenvalue weighted by Crippen LogP contribution is 2.27. The summed E-state index contributed by atoms with van der Waals surface area (Å²) in [7, 11) is 0.333. The number of benzene rings is 3. The van der Waals surface area contributed by atoms with Crippen molar-refractivity contribution < 1.29 is 18.6 Å². The molecule has 2 N–H and O–H groups in total. The van der Waals surface area contributed by atoms with Crippen LogP contribution in [-0.2, 0) is 11.0 Å². The number of furan rings is 1. The molecule has 4 rings (SSSR count). The summed E-state index contributed by atoms with van der Waals surface area (Å²) >= 11 is 0. The molecule has 0 aliphatic rings. The lowest BCUT2D eigenvalue weighted by Crippen LogP contribution is -2.20. The summed E-state index contributed by atoms with van der Waals surface area (Å²) < 4.78 is 20.0. The number of amides is 1. The largest absolute Gasteiger partial charge is 0.451 e. The standard InChI is InChI=1S/C22H18N2O4S/c1-24(18-9-12-20-17(13-18)14-21(28-20)22(25)23-26)29(27)19-10-7-16(8-11-19)15-5-3-2-4-6-15/h2-14,26H,1H3,(H,23,25).